The number of benzene rings is 1. The minimum atomic E-state index is 0.637. The number of para-hydroxylation sites is 1. The Morgan fingerprint density at radius 3 is 2.60 bits per heavy atom. The van der Waals surface area contributed by atoms with Crippen LogP contribution in [-0.4, -0.2) is 4.98 Å². The molecule has 1 heterocycles. The first-order valence-corrected chi connectivity index (χ1v) is 5.07. The summed E-state index contributed by atoms with van der Waals surface area (Å²) in [5.41, 5.74) is 1.20. The Morgan fingerprint density at radius 1 is 1.07 bits per heavy atom. The van der Waals surface area contributed by atoms with Gasteiger partial charge in [-0.15, -0.1) is 0 Å². The van der Waals surface area contributed by atoms with Crippen molar-refractivity contribution < 1.29 is 4.74 Å². The number of hydrogen-bond acceptors (Lipinski definition) is 2. The monoisotopic (exact) mass is 199 g/mol. The van der Waals surface area contributed by atoms with Gasteiger partial charge in [-0.05, 0) is 24.1 Å². The van der Waals surface area contributed by atoms with Crippen molar-refractivity contribution in [2.45, 2.75) is 13.3 Å². The molecule has 15 heavy (non-hydrogen) atoms. The van der Waals surface area contributed by atoms with Gasteiger partial charge in [0, 0.05) is 12.3 Å². The highest BCUT2D eigenvalue weighted by molar-refractivity contribution is 5.35. The second-order valence-corrected chi connectivity index (χ2v) is 3.23. The lowest BCUT2D eigenvalue weighted by Crippen LogP contribution is -1.91. The second-order valence-electron chi connectivity index (χ2n) is 3.23. The molecule has 0 bridgehead atoms. The van der Waals surface area contributed by atoms with E-state index in [-0.39, 0.29) is 0 Å². The third-order valence-electron chi connectivity index (χ3n) is 2.21. The molecule has 0 saturated carbocycles. The molecule has 0 radical (unpaired) electrons. The lowest BCUT2D eigenvalue weighted by Gasteiger charge is -2.08. The molecule has 0 unspecified atom stereocenters. The van der Waals surface area contributed by atoms with Crippen molar-refractivity contribution in [2.24, 2.45) is 0 Å². The van der Waals surface area contributed by atoms with E-state index in [0.29, 0.717) is 5.88 Å². The number of pyridine rings is 1. The van der Waals surface area contributed by atoms with Gasteiger partial charge in [0.2, 0.25) is 5.88 Å². The van der Waals surface area contributed by atoms with Gasteiger partial charge in [0.15, 0.2) is 0 Å². The summed E-state index contributed by atoms with van der Waals surface area (Å²) in [6.45, 7) is 2.11. The molecule has 0 aliphatic rings. The minimum Gasteiger partial charge on any atom is -0.439 e. The van der Waals surface area contributed by atoms with E-state index in [0.717, 1.165) is 12.2 Å². The second kappa shape index (κ2) is 4.60. The average molecular weight is 199 g/mol. The largest absolute Gasteiger partial charge is 0.439 e. The van der Waals surface area contributed by atoms with E-state index in [1.807, 2.05) is 36.4 Å². The maximum Gasteiger partial charge on any atom is 0.219 e. The van der Waals surface area contributed by atoms with E-state index < -0.39 is 0 Å². The normalized spacial score (nSPS) is 9.93. The van der Waals surface area contributed by atoms with E-state index in [1.54, 1.807) is 6.20 Å². The topological polar surface area (TPSA) is 22.1 Å². The molecule has 1 aromatic carbocycles. The van der Waals surface area contributed by atoms with Gasteiger partial charge in [-0.2, -0.15) is 0 Å². The lowest BCUT2D eigenvalue weighted by molar-refractivity contribution is 0.457. The van der Waals surface area contributed by atoms with Crippen LogP contribution < -0.4 is 4.74 Å². The highest BCUT2D eigenvalue weighted by Crippen LogP contribution is 2.23. The van der Waals surface area contributed by atoms with Gasteiger partial charge in [-0.25, -0.2) is 4.98 Å². The van der Waals surface area contributed by atoms with Crippen LogP contribution in [0.1, 0.15) is 12.5 Å². The third kappa shape index (κ3) is 2.34. The van der Waals surface area contributed by atoms with Crippen molar-refractivity contribution in [2.75, 3.05) is 0 Å². The van der Waals surface area contributed by atoms with Crippen molar-refractivity contribution in [1.29, 1.82) is 0 Å². The Balaban J connectivity index is 2.24. The summed E-state index contributed by atoms with van der Waals surface area (Å²) in [4.78, 5) is 4.13. The van der Waals surface area contributed by atoms with Crippen molar-refractivity contribution in [3.05, 3.63) is 54.2 Å². The van der Waals surface area contributed by atoms with E-state index in [4.69, 9.17) is 4.74 Å². The Morgan fingerprint density at radius 2 is 1.87 bits per heavy atom. The summed E-state index contributed by atoms with van der Waals surface area (Å²) in [5.74, 6) is 1.53. The molecule has 0 aliphatic heterocycles. The number of rotatable bonds is 3. The minimum absolute atomic E-state index is 0.637. The molecule has 76 valence electrons. The summed E-state index contributed by atoms with van der Waals surface area (Å²) in [7, 11) is 0. The van der Waals surface area contributed by atoms with Crippen LogP contribution in [0.3, 0.4) is 0 Å². The van der Waals surface area contributed by atoms with Crippen molar-refractivity contribution in [1.82, 2.24) is 4.98 Å². The number of hydrogen-bond donors (Lipinski definition) is 0. The van der Waals surface area contributed by atoms with Gasteiger partial charge >= 0.3 is 0 Å². The Kier molecular flexibility index (Phi) is 2.98. The van der Waals surface area contributed by atoms with E-state index in [2.05, 4.69) is 18.0 Å². The first kappa shape index (κ1) is 9.71. The van der Waals surface area contributed by atoms with Gasteiger partial charge in [0.1, 0.15) is 5.75 Å². The Bertz CT molecular complexity index is 426. The van der Waals surface area contributed by atoms with Crippen LogP contribution in [0.4, 0.5) is 0 Å². The summed E-state index contributed by atoms with van der Waals surface area (Å²) in [6, 6.07) is 13.7. The molecule has 2 aromatic rings. The first-order chi connectivity index (χ1) is 7.40. The molecule has 0 aliphatic carbocycles. The number of aromatic nitrogens is 1. The molecule has 0 saturated heterocycles. The Labute approximate surface area is 89.6 Å². The van der Waals surface area contributed by atoms with Crippen molar-refractivity contribution >= 4 is 0 Å². The van der Waals surface area contributed by atoms with Gasteiger partial charge < -0.3 is 4.74 Å². The number of ether oxygens (including phenoxy) is 1. The average Bonchev–Trinajstić information content (AvgIpc) is 2.31. The molecule has 0 N–H and O–H groups in total. The summed E-state index contributed by atoms with van der Waals surface area (Å²) in [5, 5.41) is 0. The van der Waals surface area contributed by atoms with Crippen LogP contribution in [0.25, 0.3) is 0 Å². The fourth-order valence-corrected chi connectivity index (χ4v) is 1.42. The lowest BCUT2D eigenvalue weighted by atomic mass is 10.1. The highest BCUT2D eigenvalue weighted by Gasteiger charge is 2.01. The molecule has 2 rings (SSSR count). The molecule has 0 atom stereocenters. The number of nitrogens with zero attached hydrogens (tertiary/aromatic N) is 1. The van der Waals surface area contributed by atoms with Crippen LogP contribution >= 0.6 is 0 Å². The molecular weight excluding hydrogens is 186 g/mol. The fourth-order valence-electron chi connectivity index (χ4n) is 1.42. The Hall–Kier alpha value is -1.83. The first-order valence-electron chi connectivity index (χ1n) is 5.07. The van der Waals surface area contributed by atoms with Crippen LogP contribution in [0.15, 0.2) is 48.7 Å². The smallest absolute Gasteiger partial charge is 0.219 e. The zero-order valence-electron chi connectivity index (χ0n) is 8.68. The maximum absolute atomic E-state index is 5.69. The third-order valence-corrected chi connectivity index (χ3v) is 2.21. The predicted molar refractivity (Wildman–Crippen MR) is 60.1 cm³/mol. The molecule has 2 heteroatoms. The van der Waals surface area contributed by atoms with Crippen LogP contribution in [0.5, 0.6) is 11.6 Å². The van der Waals surface area contributed by atoms with Crippen molar-refractivity contribution in [3.63, 3.8) is 0 Å². The molecule has 0 spiro atoms. The zero-order valence-corrected chi connectivity index (χ0v) is 8.68. The molecule has 2 nitrogen and oxygen atoms in total. The fraction of sp³-hybridized carbons (Fsp3) is 0.154. The van der Waals surface area contributed by atoms with Gasteiger partial charge in [0.25, 0.3) is 0 Å². The molecule has 0 fully saturated rings. The maximum atomic E-state index is 5.69. The summed E-state index contributed by atoms with van der Waals surface area (Å²) >= 11 is 0. The summed E-state index contributed by atoms with van der Waals surface area (Å²) in [6.07, 6.45) is 2.69. The molecular formula is C13H13NO. The standard InChI is InChI=1S/C13H13NO/c1-2-11-7-3-4-8-12(11)15-13-9-5-6-10-14-13/h3-10H,2H2,1H3. The van der Waals surface area contributed by atoms with Gasteiger partial charge in [0.05, 0.1) is 0 Å². The molecule has 0 amide bonds. The SMILES string of the molecule is CCc1ccccc1Oc1ccccn1. The van der Waals surface area contributed by atoms with Crippen molar-refractivity contribution in [3.8, 4) is 11.6 Å². The van der Waals surface area contributed by atoms with E-state index in [1.165, 1.54) is 5.56 Å². The highest BCUT2D eigenvalue weighted by atomic mass is 16.5. The van der Waals surface area contributed by atoms with E-state index >= 15 is 0 Å². The van der Waals surface area contributed by atoms with Gasteiger partial charge in [-0.3, -0.25) is 0 Å². The summed E-state index contributed by atoms with van der Waals surface area (Å²) < 4.78 is 5.69. The molecule has 1 aromatic heterocycles. The van der Waals surface area contributed by atoms with Gasteiger partial charge in [-0.1, -0.05) is 31.2 Å². The quantitative estimate of drug-likeness (QED) is 0.755. The van der Waals surface area contributed by atoms with Crippen LogP contribution in [0.2, 0.25) is 0 Å². The predicted octanol–water partition coefficient (Wildman–Crippen LogP) is 3.44. The van der Waals surface area contributed by atoms with Crippen LogP contribution in [-0.2, 0) is 6.42 Å². The zero-order chi connectivity index (χ0) is 10.5. The van der Waals surface area contributed by atoms with E-state index in [9.17, 15) is 0 Å². The van der Waals surface area contributed by atoms with Crippen LogP contribution in [0, 0.1) is 0 Å². The number of aryl methyl sites for hydroxylation is 1.